The molecule has 2 heterocycles. The van der Waals surface area contributed by atoms with E-state index >= 15 is 0 Å². The van der Waals surface area contributed by atoms with Gasteiger partial charge in [-0.25, -0.2) is 19.1 Å². The molecule has 0 aliphatic carbocycles. The van der Waals surface area contributed by atoms with Crippen molar-refractivity contribution in [3.05, 3.63) is 46.6 Å². The molecular formula is C24H35Cl3N8O2. The van der Waals surface area contributed by atoms with E-state index in [1.165, 1.54) is 6.20 Å². The van der Waals surface area contributed by atoms with Crippen LogP contribution in [0.15, 0.2) is 24.4 Å². The van der Waals surface area contributed by atoms with Crippen molar-refractivity contribution < 1.29 is 26.6 Å². The lowest BCUT2D eigenvalue weighted by Gasteiger charge is -2.18. The molecule has 0 saturated carbocycles. The van der Waals surface area contributed by atoms with Gasteiger partial charge in [-0.3, -0.25) is 9.59 Å². The number of nitrogens with one attached hydrogen (secondary N) is 1. The van der Waals surface area contributed by atoms with Gasteiger partial charge in [0.05, 0.1) is 19.3 Å². The van der Waals surface area contributed by atoms with E-state index in [4.69, 9.17) is 17.3 Å². The molecule has 13 heteroatoms. The Morgan fingerprint density at radius 1 is 1.19 bits per heavy atom. The summed E-state index contributed by atoms with van der Waals surface area (Å²) in [6.45, 7) is 7.31. The second-order valence-corrected chi connectivity index (χ2v) is 8.99. The van der Waals surface area contributed by atoms with Crippen molar-refractivity contribution in [1.29, 1.82) is 0 Å². The van der Waals surface area contributed by atoms with E-state index in [1.54, 1.807) is 4.90 Å². The second-order valence-electron chi connectivity index (χ2n) is 8.60. The number of aromatic nitrogens is 4. The van der Waals surface area contributed by atoms with Crippen molar-refractivity contribution in [1.82, 2.24) is 29.7 Å². The monoisotopic (exact) mass is 572 g/mol. The van der Waals surface area contributed by atoms with Gasteiger partial charge in [0.25, 0.3) is 17.6 Å². The molecule has 3 aromatic rings. The number of hydrogen-bond donors (Lipinski definition) is 2. The summed E-state index contributed by atoms with van der Waals surface area (Å²) in [4.78, 5) is 37.6. The summed E-state index contributed by atoms with van der Waals surface area (Å²) in [5, 5.41) is 2.98. The number of carbonyl (C=O) groups excluding carboxylic acids is 2. The molecule has 0 saturated heterocycles. The third-order valence-corrected chi connectivity index (χ3v) is 6.08. The number of carbonyl (C=O) groups is 2. The molecule has 204 valence electrons. The molecule has 0 aliphatic heterocycles. The smallest absolute Gasteiger partial charge is 0.277 e. The number of aryl methyl sites for hydroxylation is 2. The lowest BCUT2D eigenvalue weighted by molar-refractivity contribution is -0.676. The molecule has 0 atom stereocenters. The maximum absolute atomic E-state index is 13.1. The number of fused-ring (bicyclic) bond motifs is 1. The number of hydrogen-bond acceptors (Lipinski definition) is 6. The highest BCUT2D eigenvalue weighted by atomic mass is 35.5. The molecule has 0 bridgehead atoms. The summed E-state index contributed by atoms with van der Waals surface area (Å²) in [6, 6.07) is 5.77. The molecule has 3 rings (SSSR count). The number of nitrogens with zero attached hydrogens (tertiary/aromatic N) is 6. The Morgan fingerprint density at radius 3 is 2.51 bits per heavy atom. The molecule has 3 N–H and O–H groups in total. The SMILES string of the molecule is CCn1c(CNC(=O)c2nc(Cl)cnc2N)[n+](CC)c2ccc(C(=O)N(C)CCCN(C)C)cc21.Cl.[Cl-]. The van der Waals surface area contributed by atoms with E-state index in [0.29, 0.717) is 25.2 Å². The molecule has 1 aromatic carbocycles. The van der Waals surface area contributed by atoms with Crippen LogP contribution in [0.4, 0.5) is 5.82 Å². The van der Waals surface area contributed by atoms with Gasteiger partial charge in [0.2, 0.25) is 0 Å². The van der Waals surface area contributed by atoms with Crippen molar-refractivity contribution in [3.63, 3.8) is 0 Å². The zero-order chi connectivity index (χ0) is 25.7. The molecular weight excluding hydrogens is 539 g/mol. The first-order chi connectivity index (χ1) is 16.7. The first-order valence-electron chi connectivity index (χ1n) is 11.7. The summed E-state index contributed by atoms with van der Waals surface area (Å²) in [7, 11) is 5.88. The quantitative estimate of drug-likeness (QED) is 0.313. The number of nitrogen functional groups attached to an aromatic ring is 1. The zero-order valence-electron chi connectivity index (χ0n) is 21.8. The van der Waals surface area contributed by atoms with E-state index in [9.17, 15) is 9.59 Å². The normalized spacial score (nSPS) is 10.7. The standard InChI is InChI=1S/C24H33ClN8O2.2ClH/c1-6-32-17-10-9-16(24(35)31(5)12-8-11-30(3)4)13-18(17)33(7-2)20(32)15-28-23(34)21-22(26)27-14-19(25)29-21;;/h9-10,13-14H,6-8,11-12,15H2,1-5H3,(H2-,26,27,28,34);2*1H. The number of amides is 2. The van der Waals surface area contributed by atoms with Crippen molar-refractivity contribution in [2.24, 2.45) is 0 Å². The highest BCUT2D eigenvalue weighted by Crippen LogP contribution is 2.19. The predicted octanol–water partition coefficient (Wildman–Crippen LogP) is -0.626. The highest BCUT2D eigenvalue weighted by molar-refractivity contribution is 6.29. The van der Waals surface area contributed by atoms with Gasteiger partial charge < -0.3 is 33.3 Å². The molecule has 0 fully saturated rings. The van der Waals surface area contributed by atoms with Gasteiger partial charge in [0, 0.05) is 25.2 Å². The Morgan fingerprint density at radius 2 is 1.89 bits per heavy atom. The van der Waals surface area contributed by atoms with Crippen LogP contribution < -0.4 is 28.0 Å². The second kappa shape index (κ2) is 14.3. The number of rotatable bonds is 10. The number of nitrogens with two attached hydrogens (primary N) is 1. The fourth-order valence-corrected chi connectivity index (χ4v) is 4.29. The van der Waals surface area contributed by atoms with Gasteiger partial charge in [-0.15, -0.1) is 12.4 Å². The lowest BCUT2D eigenvalue weighted by atomic mass is 10.1. The van der Waals surface area contributed by atoms with Crippen LogP contribution >= 0.6 is 24.0 Å². The van der Waals surface area contributed by atoms with Crippen molar-refractivity contribution in [2.75, 3.05) is 40.0 Å². The van der Waals surface area contributed by atoms with Crippen molar-refractivity contribution in [3.8, 4) is 0 Å². The lowest BCUT2D eigenvalue weighted by Crippen LogP contribution is -3.00. The van der Waals surface area contributed by atoms with Gasteiger partial charge in [-0.2, -0.15) is 0 Å². The average Bonchev–Trinajstić information content (AvgIpc) is 3.14. The number of imidazole rings is 1. The van der Waals surface area contributed by atoms with E-state index in [-0.39, 0.29) is 53.9 Å². The maximum atomic E-state index is 13.1. The van der Waals surface area contributed by atoms with E-state index in [2.05, 4.69) is 29.3 Å². The van der Waals surface area contributed by atoms with Crippen LogP contribution in [0, 0.1) is 0 Å². The molecule has 0 unspecified atom stereocenters. The summed E-state index contributed by atoms with van der Waals surface area (Å²) >= 11 is 5.88. The Labute approximate surface area is 235 Å². The van der Waals surface area contributed by atoms with Crippen LogP contribution in [-0.4, -0.2) is 70.4 Å². The fourth-order valence-electron chi connectivity index (χ4n) is 4.15. The Hall–Kier alpha value is -2.66. The summed E-state index contributed by atoms with van der Waals surface area (Å²) in [6.07, 6.45) is 2.20. The first kappa shape index (κ1) is 32.4. The fraction of sp³-hybridized carbons (Fsp3) is 0.458. The van der Waals surface area contributed by atoms with Crippen LogP contribution in [0.1, 0.15) is 46.9 Å². The Bertz CT molecular complexity index is 1230. The molecule has 37 heavy (non-hydrogen) atoms. The zero-order valence-corrected chi connectivity index (χ0v) is 24.1. The maximum Gasteiger partial charge on any atom is 0.277 e. The van der Waals surface area contributed by atoms with E-state index in [1.807, 2.05) is 53.2 Å². The number of halogens is 3. The van der Waals surface area contributed by atoms with Crippen molar-refractivity contribution in [2.45, 2.75) is 39.9 Å². The van der Waals surface area contributed by atoms with Crippen LogP contribution in [0.2, 0.25) is 5.15 Å². The number of benzene rings is 1. The van der Waals surface area contributed by atoms with Gasteiger partial charge in [-0.1, -0.05) is 11.6 Å². The Balaban J connectivity index is 0.00000342. The van der Waals surface area contributed by atoms with E-state index < -0.39 is 5.91 Å². The molecule has 10 nitrogen and oxygen atoms in total. The Kier molecular flexibility index (Phi) is 12.5. The van der Waals surface area contributed by atoms with Gasteiger partial charge in [0.1, 0.15) is 11.7 Å². The topological polar surface area (TPSA) is 113 Å². The predicted molar refractivity (Wildman–Crippen MR) is 143 cm³/mol. The van der Waals surface area contributed by atoms with E-state index in [0.717, 1.165) is 29.8 Å². The van der Waals surface area contributed by atoms with Gasteiger partial charge >= 0.3 is 0 Å². The number of anilines is 1. The van der Waals surface area contributed by atoms with Crippen molar-refractivity contribution >= 4 is 52.7 Å². The summed E-state index contributed by atoms with van der Waals surface area (Å²) in [5.74, 6) is 0.450. The average molecular weight is 574 g/mol. The minimum absolute atomic E-state index is 0. The molecule has 0 aliphatic rings. The molecule has 2 aromatic heterocycles. The summed E-state index contributed by atoms with van der Waals surface area (Å²) < 4.78 is 4.23. The highest BCUT2D eigenvalue weighted by Gasteiger charge is 2.26. The third-order valence-electron chi connectivity index (χ3n) is 5.90. The van der Waals surface area contributed by atoms with Crippen LogP contribution in [0.5, 0.6) is 0 Å². The first-order valence-corrected chi connectivity index (χ1v) is 12.1. The van der Waals surface area contributed by atoms with Crippen LogP contribution in [-0.2, 0) is 19.6 Å². The van der Waals surface area contributed by atoms with Gasteiger partial charge in [-0.05, 0) is 53.0 Å². The molecule has 0 radical (unpaired) electrons. The van der Waals surface area contributed by atoms with Crippen LogP contribution in [0.25, 0.3) is 11.0 Å². The molecule has 2 amide bonds. The third kappa shape index (κ3) is 7.44. The molecule has 0 spiro atoms. The summed E-state index contributed by atoms with van der Waals surface area (Å²) in [5.41, 5.74) is 8.36. The largest absolute Gasteiger partial charge is 1.00 e. The van der Waals surface area contributed by atoms with Gasteiger partial charge in [0.15, 0.2) is 22.5 Å². The minimum Gasteiger partial charge on any atom is -1.00 e. The minimum atomic E-state index is -0.455. The van der Waals surface area contributed by atoms with Crippen LogP contribution in [0.3, 0.4) is 0 Å².